The summed E-state index contributed by atoms with van der Waals surface area (Å²) >= 11 is 0. The van der Waals surface area contributed by atoms with E-state index >= 15 is 0 Å². The molecule has 7 heteroatoms. The molecule has 2 aromatic rings. The van der Waals surface area contributed by atoms with E-state index in [4.69, 9.17) is 0 Å². The highest BCUT2D eigenvalue weighted by Crippen LogP contribution is 2.21. The molecule has 0 bridgehead atoms. The van der Waals surface area contributed by atoms with Crippen LogP contribution in [0.3, 0.4) is 0 Å². The van der Waals surface area contributed by atoms with Gasteiger partial charge in [0.1, 0.15) is 4.90 Å². The minimum Gasteiger partial charge on any atom is -0.311 e. The van der Waals surface area contributed by atoms with Gasteiger partial charge in [0.05, 0.1) is 11.4 Å². The summed E-state index contributed by atoms with van der Waals surface area (Å²) in [6.45, 7) is 6.73. The third-order valence-electron chi connectivity index (χ3n) is 3.04. The zero-order valence-electron chi connectivity index (χ0n) is 12.4. The molecule has 1 aromatic carbocycles. The van der Waals surface area contributed by atoms with Crippen LogP contribution in [-0.2, 0) is 16.6 Å². The van der Waals surface area contributed by atoms with Crippen LogP contribution in [0.5, 0.6) is 0 Å². The molecule has 1 heterocycles. The van der Waals surface area contributed by atoms with Crippen LogP contribution >= 0.6 is 0 Å². The van der Waals surface area contributed by atoms with Crippen molar-refractivity contribution in [3.63, 3.8) is 0 Å². The average molecular weight is 308 g/mol. The largest absolute Gasteiger partial charge is 0.311 e. The average Bonchev–Trinajstić information content (AvgIpc) is 2.77. The summed E-state index contributed by atoms with van der Waals surface area (Å²) in [6.07, 6.45) is 0. The topological polar surface area (TPSA) is 86.9 Å². The highest BCUT2D eigenvalue weighted by atomic mass is 32.2. The predicted octanol–water partition coefficient (Wildman–Crippen LogP) is 1.94. The second kappa shape index (κ2) is 6.28. The fraction of sp³-hybridized carbons (Fsp3) is 0.357. The van der Waals surface area contributed by atoms with Crippen molar-refractivity contribution in [2.75, 3.05) is 11.3 Å². The number of nitrogens with one attached hydrogen (secondary N) is 3. The maximum atomic E-state index is 12.6. The molecule has 0 unspecified atom stereocenters. The molecule has 21 heavy (non-hydrogen) atoms. The zero-order valence-corrected chi connectivity index (χ0v) is 13.2. The minimum absolute atomic E-state index is 0.213. The molecule has 2 rings (SSSR count). The van der Waals surface area contributed by atoms with Crippen molar-refractivity contribution in [3.8, 4) is 0 Å². The fourth-order valence-electron chi connectivity index (χ4n) is 2.10. The lowest BCUT2D eigenvalue weighted by Crippen LogP contribution is -2.19. The number of hydrogen-bond donors (Lipinski definition) is 3. The van der Waals surface area contributed by atoms with Crippen LogP contribution in [-0.4, -0.2) is 25.2 Å². The van der Waals surface area contributed by atoms with Gasteiger partial charge in [0.2, 0.25) is 0 Å². The summed E-state index contributed by atoms with van der Waals surface area (Å²) in [5.74, 6) is 0. The Kier molecular flexibility index (Phi) is 4.64. The van der Waals surface area contributed by atoms with E-state index in [1.807, 2.05) is 26.0 Å². The van der Waals surface area contributed by atoms with Gasteiger partial charge >= 0.3 is 0 Å². The first-order chi connectivity index (χ1) is 9.94. The van der Waals surface area contributed by atoms with Crippen molar-refractivity contribution in [1.29, 1.82) is 0 Å². The van der Waals surface area contributed by atoms with Crippen LogP contribution in [0.4, 0.5) is 5.69 Å². The molecular weight excluding hydrogens is 288 g/mol. The third-order valence-corrected chi connectivity index (χ3v) is 4.63. The molecule has 0 radical (unpaired) electrons. The molecule has 0 fully saturated rings. The summed E-state index contributed by atoms with van der Waals surface area (Å²) < 4.78 is 27.8. The number of rotatable bonds is 6. The standard InChI is InChI=1S/C14H20N4O2S/c1-4-15-9-13-14(11(3)16-17-13)21(19,20)18-12-7-5-6-10(2)8-12/h5-8,15,18H,4,9H2,1-3H3,(H,16,17). The Morgan fingerprint density at radius 3 is 2.71 bits per heavy atom. The quantitative estimate of drug-likeness (QED) is 0.761. The summed E-state index contributed by atoms with van der Waals surface area (Å²) in [4.78, 5) is 0.213. The Labute approximate surface area is 125 Å². The molecule has 0 saturated heterocycles. The monoisotopic (exact) mass is 308 g/mol. The van der Waals surface area contributed by atoms with E-state index in [0.29, 0.717) is 23.6 Å². The lowest BCUT2D eigenvalue weighted by molar-refractivity contribution is 0.597. The Morgan fingerprint density at radius 2 is 2.05 bits per heavy atom. The zero-order chi connectivity index (χ0) is 15.5. The summed E-state index contributed by atoms with van der Waals surface area (Å²) in [7, 11) is -3.66. The lowest BCUT2D eigenvalue weighted by Gasteiger charge is -2.10. The Balaban J connectivity index is 2.33. The fourth-order valence-corrected chi connectivity index (χ4v) is 3.52. The SMILES string of the molecule is CCNCc1n[nH]c(C)c1S(=O)(=O)Nc1cccc(C)c1. The first kappa shape index (κ1) is 15.5. The number of benzene rings is 1. The van der Waals surface area contributed by atoms with E-state index in [1.165, 1.54) is 0 Å². The van der Waals surface area contributed by atoms with Gasteiger partial charge in [0.15, 0.2) is 0 Å². The van der Waals surface area contributed by atoms with Crippen molar-refractivity contribution < 1.29 is 8.42 Å². The van der Waals surface area contributed by atoms with Gasteiger partial charge in [-0.05, 0) is 38.1 Å². The van der Waals surface area contributed by atoms with Gasteiger partial charge in [-0.25, -0.2) is 8.42 Å². The highest BCUT2D eigenvalue weighted by molar-refractivity contribution is 7.92. The minimum atomic E-state index is -3.66. The number of H-pyrrole nitrogens is 1. The van der Waals surface area contributed by atoms with Crippen LogP contribution in [0.1, 0.15) is 23.9 Å². The molecule has 114 valence electrons. The third kappa shape index (κ3) is 3.62. The predicted molar refractivity (Wildman–Crippen MR) is 82.7 cm³/mol. The molecule has 0 amide bonds. The Bertz CT molecular complexity index is 722. The summed E-state index contributed by atoms with van der Waals surface area (Å²) in [5, 5.41) is 9.90. The number of aromatic nitrogens is 2. The van der Waals surface area contributed by atoms with Gasteiger partial charge in [-0.15, -0.1) is 0 Å². The van der Waals surface area contributed by atoms with E-state index in [-0.39, 0.29) is 4.90 Å². The smallest absolute Gasteiger partial charge is 0.265 e. The van der Waals surface area contributed by atoms with Gasteiger partial charge in [-0.2, -0.15) is 5.10 Å². The maximum Gasteiger partial charge on any atom is 0.265 e. The van der Waals surface area contributed by atoms with Crippen molar-refractivity contribution in [1.82, 2.24) is 15.5 Å². The molecule has 6 nitrogen and oxygen atoms in total. The van der Waals surface area contributed by atoms with E-state index in [2.05, 4.69) is 20.2 Å². The van der Waals surface area contributed by atoms with E-state index in [9.17, 15) is 8.42 Å². The molecule has 3 N–H and O–H groups in total. The van der Waals surface area contributed by atoms with Crippen molar-refractivity contribution in [2.45, 2.75) is 32.2 Å². The first-order valence-electron chi connectivity index (χ1n) is 6.78. The molecule has 0 aliphatic rings. The molecule has 0 atom stereocenters. The number of nitrogens with zero attached hydrogens (tertiary/aromatic N) is 1. The van der Waals surface area contributed by atoms with Crippen molar-refractivity contribution in [3.05, 3.63) is 41.2 Å². The Morgan fingerprint density at radius 1 is 1.29 bits per heavy atom. The highest BCUT2D eigenvalue weighted by Gasteiger charge is 2.24. The van der Waals surface area contributed by atoms with E-state index in [0.717, 1.165) is 12.1 Å². The van der Waals surface area contributed by atoms with Gasteiger partial charge in [0.25, 0.3) is 10.0 Å². The number of sulfonamides is 1. The maximum absolute atomic E-state index is 12.6. The van der Waals surface area contributed by atoms with Crippen LogP contribution in [0, 0.1) is 13.8 Å². The van der Waals surface area contributed by atoms with Crippen LogP contribution in [0.2, 0.25) is 0 Å². The molecule has 1 aromatic heterocycles. The van der Waals surface area contributed by atoms with E-state index in [1.54, 1.807) is 19.1 Å². The van der Waals surface area contributed by atoms with Crippen LogP contribution < -0.4 is 10.0 Å². The van der Waals surface area contributed by atoms with Gasteiger partial charge in [-0.3, -0.25) is 9.82 Å². The van der Waals surface area contributed by atoms with Gasteiger partial charge < -0.3 is 5.32 Å². The second-order valence-corrected chi connectivity index (χ2v) is 6.50. The summed E-state index contributed by atoms with van der Waals surface area (Å²) in [5.41, 5.74) is 2.56. The molecule has 0 saturated carbocycles. The number of aryl methyl sites for hydroxylation is 2. The molecular formula is C14H20N4O2S. The van der Waals surface area contributed by atoms with Crippen molar-refractivity contribution >= 4 is 15.7 Å². The van der Waals surface area contributed by atoms with E-state index < -0.39 is 10.0 Å². The molecule has 0 spiro atoms. The number of anilines is 1. The van der Waals surface area contributed by atoms with Gasteiger partial charge in [0, 0.05) is 12.2 Å². The number of aromatic amines is 1. The molecule has 0 aliphatic heterocycles. The number of hydrogen-bond acceptors (Lipinski definition) is 4. The first-order valence-corrected chi connectivity index (χ1v) is 8.26. The lowest BCUT2D eigenvalue weighted by atomic mass is 10.2. The van der Waals surface area contributed by atoms with Crippen molar-refractivity contribution in [2.24, 2.45) is 0 Å². The second-order valence-electron chi connectivity index (χ2n) is 4.88. The normalized spacial score (nSPS) is 11.6. The molecule has 0 aliphatic carbocycles. The Hall–Kier alpha value is -1.86. The van der Waals surface area contributed by atoms with Gasteiger partial charge in [-0.1, -0.05) is 19.1 Å². The van der Waals surface area contributed by atoms with Crippen LogP contribution in [0.15, 0.2) is 29.2 Å². The summed E-state index contributed by atoms with van der Waals surface area (Å²) in [6, 6.07) is 7.24. The van der Waals surface area contributed by atoms with Crippen LogP contribution in [0.25, 0.3) is 0 Å².